The molecule has 0 aromatic carbocycles. The van der Waals surface area contributed by atoms with Gasteiger partial charge in [0.1, 0.15) is 6.61 Å². The number of rotatable bonds is 8. The van der Waals surface area contributed by atoms with E-state index >= 15 is 0 Å². The number of carboxylic acid groups (broad SMARTS) is 1. The predicted molar refractivity (Wildman–Crippen MR) is 59.1 cm³/mol. The molecule has 5 nitrogen and oxygen atoms in total. The van der Waals surface area contributed by atoms with Gasteiger partial charge in [0.25, 0.3) is 0 Å². The summed E-state index contributed by atoms with van der Waals surface area (Å²) in [4.78, 5) is 21.2. The summed E-state index contributed by atoms with van der Waals surface area (Å²) in [5.41, 5.74) is 0. The molecule has 0 aliphatic rings. The van der Waals surface area contributed by atoms with E-state index in [-0.39, 0.29) is 24.4 Å². The molecule has 0 spiro atoms. The van der Waals surface area contributed by atoms with Gasteiger partial charge in [0.15, 0.2) is 0 Å². The number of carbonyl (C=O) groups is 2. The molecule has 0 bridgehead atoms. The molecule has 0 saturated heterocycles. The second-order valence-electron chi connectivity index (χ2n) is 3.16. The van der Waals surface area contributed by atoms with Crippen molar-refractivity contribution < 1.29 is 19.4 Å². The smallest absolute Gasteiger partial charge is 0.313 e. The zero-order valence-corrected chi connectivity index (χ0v) is 9.80. The summed E-state index contributed by atoms with van der Waals surface area (Å²) in [5, 5.41) is 11.0. The van der Waals surface area contributed by atoms with E-state index in [1.165, 1.54) is 11.8 Å². The maximum Gasteiger partial charge on any atom is 0.313 e. The molecule has 0 saturated carbocycles. The number of hydrogen-bond acceptors (Lipinski definition) is 4. The third-order valence-corrected chi connectivity index (χ3v) is 2.29. The van der Waals surface area contributed by atoms with Crippen LogP contribution in [0.4, 0.5) is 0 Å². The Morgan fingerprint density at radius 2 is 2.13 bits per heavy atom. The molecule has 0 atom stereocenters. The maximum absolute atomic E-state index is 11.1. The lowest BCUT2D eigenvalue weighted by molar-refractivity contribution is -0.134. The number of thioether (sulfide) groups is 1. The van der Waals surface area contributed by atoms with E-state index in [0.717, 1.165) is 0 Å². The third-order valence-electron chi connectivity index (χ3n) is 1.34. The Kier molecular flexibility index (Phi) is 8.12. The van der Waals surface area contributed by atoms with Gasteiger partial charge in [-0.1, -0.05) is 0 Å². The molecule has 2 N–H and O–H groups in total. The van der Waals surface area contributed by atoms with Crippen molar-refractivity contribution >= 4 is 23.6 Å². The van der Waals surface area contributed by atoms with Crippen molar-refractivity contribution in [2.75, 3.05) is 24.7 Å². The van der Waals surface area contributed by atoms with Crippen LogP contribution in [0.15, 0.2) is 0 Å². The van der Waals surface area contributed by atoms with Gasteiger partial charge in [0, 0.05) is 12.3 Å². The zero-order chi connectivity index (χ0) is 11.7. The molecule has 1 amide bonds. The van der Waals surface area contributed by atoms with Crippen LogP contribution in [0.25, 0.3) is 0 Å². The summed E-state index contributed by atoms with van der Waals surface area (Å²) in [6, 6.07) is 0. The second-order valence-corrected chi connectivity index (χ2v) is 4.26. The van der Waals surface area contributed by atoms with Crippen LogP contribution >= 0.6 is 11.8 Å². The van der Waals surface area contributed by atoms with E-state index in [4.69, 9.17) is 9.84 Å². The van der Waals surface area contributed by atoms with Crippen molar-refractivity contribution in [3.63, 3.8) is 0 Å². The SMILES string of the molecule is CC(C)OCC(=O)NCCSCC(=O)O. The Morgan fingerprint density at radius 1 is 1.47 bits per heavy atom. The lowest BCUT2D eigenvalue weighted by Crippen LogP contribution is -2.30. The maximum atomic E-state index is 11.1. The van der Waals surface area contributed by atoms with Crippen LogP contribution in [-0.4, -0.2) is 47.7 Å². The topological polar surface area (TPSA) is 75.6 Å². The zero-order valence-electron chi connectivity index (χ0n) is 8.99. The normalized spacial score (nSPS) is 10.3. The molecular formula is C9H17NO4S. The van der Waals surface area contributed by atoms with E-state index in [0.29, 0.717) is 12.3 Å². The number of carboxylic acids is 1. The number of ether oxygens (including phenoxy) is 1. The van der Waals surface area contributed by atoms with Gasteiger partial charge in [-0.15, -0.1) is 11.8 Å². The van der Waals surface area contributed by atoms with Gasteiger partial charge in [-0.3, -0.25) is 9.59 Å². The molecule has 0 radical (unpaired) electrons. The van der Waals surface area contributed by atoms with Crippen LogP contribution < -0.4 is 5.32 Å². The van der Waals surface area contributed by atoms with Crippen LogP contribution in [0.1, 0.15) is 13.8 Å². The molecular weight excluding hydrogens is 218 g/mol. The van der Waals surface area contributed by atoms with Gasteiger partial charge in [-0.05, 0) is 13.8 Å². The summed E-state index contributed by atoms with van der Waals surface area (Å²) in [6.07, 6.45) is 0.0390. The van der Waals surface area contributed by atoms with Gasteiger partial charge in [0.2, 0.25) is 5.91 Å². The molecule has 15 heavy (non-hydrogen) atoms. The summed E-state index contributed by atoms with van der Waals surface area (Å²) in [6.45, 7) is 4.24. The minimum atomic E-state index is -0.838. The van der Waals surface area contributed by atoms with Gasteiger partial charge < -0.3 is 15.2 Å². The standard InChI is InChI=1S/C9H17NO4S/c1-7(2)14-5-8(11)10-3-4-15-6-9(12)13/h7H,3-6H2,1-2H3,(H,10,11)(H,12,13). The predicted octanol–water partition coefficient (Wildman–Crippen LogP) is 0.345. The fraction of sp³-hybridized carbons (Fsp3) is 0.778. The minimum absolute atomic E-state index is 0.0390. The Labute approximate surface area is 93.6 Å². The number of hydrogen-bond donors (Lipinski definition) is 2. The monoisotopic (exact) mass is 235 g/mol. The average molecular weight is 235 g/mol. The highest BCUT2D eigenvalue weighted by Crippen LogP contribution is 1.96. The van der Waals surface area contributed by atoms with Gasteiger partial charge in [-0.2, -0.15) is 0 Å². The van der Waals surface area contributed by atoms with E-state index in [1.54, 1.807) is 0 Å². The second kappa shape index (κ2) is 8.55. The number of aliphatic carboxylic acids is 1. The number of carbonyl (C=O) groups excluding carboxylic acids is 1. The Bertz CT molecular complexity index is 208. The molecule has 0 fully saturated rings. The molecule has 0 aliphatic carbocycles. The lowest BCUT2D eigenvalue weighted by atomic mass is 10.5. The molecule has 6 heteroatoms. The van der Waals surface area contributed by atoms with Crippen LogP contribution in [0.2, 0.25) is 0 Å². The van der Waals surface area contributed by atoms with Gasteiger partial charge >= 0.3 is 5.97 Å². The van der Waals surface area contributed by atoms with Crippen molar-refractivity contribution in [3.05, 3.63) is 0 Å². The van der Waals surface area contributed by atoms with Crippen LogP contribution in [-0.2, 0) is 14.3 Å². The van der Waals surface area contributed by atoms with Crippen LogP contribution in [0, 0.1) is 0 Å². The minimum Gasteiger partial charge on any atom is -0.481 e. The third kappa shape index (κ3) is 11.2. The van der Waals surface area contributed by atoms with Gasteiger partial charge in [0.05, 0.1) is 11.9 Å². The first-order valence-corrected chi connectivity index (χ1v) is 5.85. The van der Waals surface area contributed by atoms with Crippen molar-refractivity contribution in [3.8, 4) is 0 Å². The first-order valence-electron chi connectivity index (χ1n) is 4.70. The van der Waals surface area contributed by atoms with E-state index in [1.807, 2.05) is 13.8 Å². The average Bonchev–Trinajstić information content (AvgIpc) is 2.13. The fourth-order valence-electron chi connectivity index (χ4n) is 0.715. The van der Waals surface area contributed by atoms with Gasteiger partial charge in [-0.25, -0.2) is 0 Å². The lowest BCUT2D eigenvalue weighted by Gasteiger charge is -2.07. The first kappa shape index (κ1) is 14.2. The molecule has 0 rings (SSSR count). The summed E-state index contributed by atoms with van der Waals surface area (Å²) in [7, 11) is 0. The first-order chi connectivity index (χ1) is 7.02. The number of amides is 1. The van der Waals surface area contributed by atoms with E-state index in [2.05, 4.69) is 5.32 Å². The Hall–Kier alpha value is -0.750. The highest BCUT2D eigenvalue weighted by molar-refractivity contribution is 7.99. The molecule has 0 heterocycles. The van der Waals surface area contributed by atoms with Crippen molar-refractivity contribution in [2.45, 2.75) is 20.0 Å². The molecule has 0 aromatic heterocycles. The quantitative estimate of drug-likeness (QED) is 0.594. The number of nitrogens with one attached hydrogen (secondary N) is 1. The van der Waals surface area contributed by atoms with E-state index in [9.17, 15) is 9.59 Å². The Morgan fingerprint density at radius 3 is 2.67 bits per heavy atom. The van der Waals surface area contributed by atoms with Crippen molar-refractivity contribution in [1.29, 1.82) is 0 Å². The Balaban J connectivity index is 3.28. The van der Waals surface area contributed by atoms with Crippen LogP contribution in [0.3, 0.4) is 0 Å². The molecule has 0 aromatic rings. The molecule has 0 unspecified atom stereocenters. The molecule has 0 aliphatic heterocycles. The summed E-state index contributed by atoms with van der Waals surface area (Å²) < 4.78 is 5.09. The van der Waals surface area contributed by atoms with Crippen LogP contribution in [0.5, 0.6) is 0 Å². The van der Waals surface area contributed by atoms with Crippen molar-refractivity contribution in [2.24, 2.45) is 0 Å². The summed E-state index contributed by atoms with van der Waals surface area (Å²) in [5.74, 6) is -0.341. The molecule has 88 valence electrons. The highest BCUT2D eigenvalue weighted by Gasteiger charge is 2.02. The summed E-state index contributed by atoms with van der Waals surface area (Å²) >= 11 is 1.27. The van der Waals surface area contributed by atoms with E-state index < -0.39 is 5.97 Å². The fourth-order valence-corrected chi connectivity index (χ4v) is 1.28. The highest BCUT2D eigenvalue weighted by atomic mass is 32.2. The van der Waals surface area contributed by atoms with Crippen molar-refractivity contribution in [1.82, 2.24) is 5.32 Å². The largest absolute Gasteiger partial charge is 0.481 e.